The van der Waals surface area contributed by atoms with E-state index in [1.807, 2.05) is 0 Å². The van der Waals surface area contributed by atoms with E-state index < -0.39 is 42.4 Å². The summed E-state index contributed by atoms with van der Waals surface area (Å²) in [5.41, 5.74) is 4.55. The molecule has 0 aliphatic heterocycles. The van der Waals surface area contributed by atoms with Gasteiger partial charge in [0.1, 0.15) is 22.2 Å². The van der Waals surface area contributed by atoms with Gasteiger partial charge >= 0.3 is 10.1 Å². The Labute approximate surface area is 132 Å². The first-order chi connectivity index (χ1) is 10.6. The van der Waals surface area contributed by atoms with Gasteiger partial charge < -0.3 is 9.92 Å². The predicted molar refractivity (Wildman–Crippen MR) is 79.7 cm³/mol. The van der Waals surface area contributed by atoms with E-state index in [2.05, 4.69) is 0 Å². The van der Waals surface area contributed by atoms with Gasteiger partial charge in [-0.1, -0.05) is 18.2 Å². The summed E-state index contributed by atoms with van der Waals surface area (Å²) in [7, 11) is -9.31. The second-order valence-electron chi connectivity index (χ2n) is 4.46. The molecule has 0 saturated carbocycles. The van der Waals surface area contributed by atoms with E-state index in [1.165, 1.54) is 24.3 Å². The number of benzene rings is 2. The minimum absolute atomic E-state index is 0.0393. The van der Waals surface area contributed by atoms with Crippen molar-refractivity contribution in [3.63, 3.8) is 0 Å². The molecular weight excluding hydrogens is 349 g/mol. The quantitative estimate of drug-likeness (QED) is 0.472. The molecule has 2 aromatic rings. The molecule has 0 heterocycles. The number of alkyl halides is 1. The van der Waals surface area contributed by atoms with E-state index >= 15 is 0 Å². The largest absolute Gasteiger partial charge is 0.398 e. The highest BCUT2D eigenvalue weighted by Gasteiger charge is 2.26. The molecule has 0 atom stereocenters. The Kier molecular flexibility index (Phi) is 4.59. The van der Waals surface area contributed by atoms with E-state index in [0.29, 0.717) is 6.07 Å². The van der Waals surface area contributed by atoms with Crippen molar-refractivity contribution in [2.24, 2.45) is 0 Å². The van der Waals surface area contributed by atoms with E-state index in [0.717, 1.165) is 6.07 Å². The zero-order valence-electron chi connectivity index (χ0n) is 11.5. The van der Waals surface area contributed by atoms with Crippen LogP contribution in [0.3, 0.4) is 0 Å². The summed E-state index contributed by atoms with van der Waals surface area (Å²) in [6.07, 6.45) is 0. The molecule has 7 nitrogen and oxygen atoms in total. The van der Waals surface area contributed by atoms with Crippen molar-refractivity contribution < 1.29 is 30.0 Å². The summed E-state index contributed by atoms with van der Waals surface area (Å²) in [5.74, 6) is -0.0393. The van der Waals surface area contributed by atoms with Gasteiger partial charge in [0.15, 0.2) is 0 Å². The Hall–Kier alpha value is -2.17. The van der Waals surface area contributed by atoms with Crippen LogP contribution in [0.1, 0.15) is 5.56 Å². The van der Waals surface area contributed by atoms with E-state index in [9.17, 15) is 21.2 Å². The number of rotatable bonds is 5. The summed E-state index contributed by atoms with van der Waals surface area (Å²) in [5, 5.41) is 0. The zero-order chi connectivity index (χ0) is 17.3. The lowest BCUT2D eigenvalue weighted by Crippen LogP contribution is -2.14. The van der Waals surface area contributed by atoms with Gasteiger partial charge in [-0.15, -0.1) is 0 Å². The Morgan fingerprint density at radius 2 is 1.65 bits per heavy atom. The summed E-state index contributed by atoms with van der Waals surface area (Å²) < 4.78 is 74.0. The molecule has 0 unspecified atom stereocenters. The molecule has 3 N–H and O–H groups in total. The number of nitrogens with two attached hydrogens (primary N) is 1. The first-order valence-electron chi connectivity index (χ1n) is 6.10. The third kappa shape index (κ3) is 3.78. The summed E-state index contributed by atoms with van der Waals surface area (Å²) in [6.45, 7) is -1.22. The normalized spacial score (nSPS) is 12.1. The molecule has 23 heavy (non-hydrogen) atoms. The van der Waals surface area contributed by atoms with Crippen LogP contribution in [-0.4, -0.2) is 21.4 Å². The minimum Gasteiger partial charge on any atom is -0.398 e. The van der Waals surface area contributed by atoms with Crippen molar-refractivity contribution >= 4 is 25.9 Å². The number of para-hydroxylation sites is 1. The van der Waals surface area contributed by atoms with Gasteiger partial charge in [-0.05, 0) is 24.3 Å². The van der Waals surface area contributed by atoms with Crippen LogP contribution >= 0.6 is 0 Å². The third-order valence-electron chi connectivity index (χ3n) is 2.83. The smallest absolute Gasteiger partial charge is 0.339 e. The molecule has 0 radical (unpaired) electrons. The van der Waals surface area contributed by atoms with E-state index in [-0.39, 0.29) is 11.3 Å². The second-order valence-corrected chi connectivity index (χ2v) is 7.36. The van der Waals surface area contributed by atoms with Crippen molar-refractivity contribution in [3.8, 4) is 5.75 Å². The van der Waals surface area contributed by atoms with Crippen molar-refractivity contribution in [1.29, 1.82) is 0 Å². The molecule has 2 aromatic carbocycles. The number of hydrogen-bond donors (Lipinski definition) is 2. The third-order valence-corrected chi connectivity index (χ3v) is 5.07. The first kappa shape index (κ1) is 17.2. The van der Waals surface area contributed by atoms with Crippen LogP contribution in [0, 0.1) is 0 Å². The maximum atomic E-state index is 13.1. The number of nitrogen functional groups attached to an aromatic ring is 1. The lowest BCUT2D eigenvalue weighted by molar-refractivity contribution is 0.462. The topological polar surface area (TPSA) is 124 Å². The summed E-state index contributed by atoms with van der Waals surface area (Å²) in [4.78, 5) is -1.57. The van der Waals surface area contributed by atoms with Crippen LogP contribution in [0.2, 0.25) is 0 Å². The highest BCUT2D eigenvalue weighted by molar-refractivity contribution is 7.87. The van der Waals surface area contributed by atoms with Gasteiger partial charge in [-0.2, -0.15) is 16.8 Å². The standard InChI is InChI=1S/C13H12FNO6S2/c14-8-9-6-11(15)13(22(16,17)18)7-12(9)23(19,20)21-10-4-2-1-3-5-10/h1-7H,8,15H2,(H,16,17,18). The highest BCUT2D eigenvalue weighted by Crippen LogP contribution is 2.29. The van der Waals surface area contributed by atoms with Crippen molar-refractivity contribution in [3.05, 3.63) is 48.0 Å². The number of anilines is 1. The molecule has 0 amide bonds. The van der Waals surface area contributed by atoms with E-state index in [4.69, 9.17) is 14.5 Å². The fourth-order valence-corrected chi connectivity index (χ4v) is 3.68. The van der Waals surface area contributed by atoms with Gasteiger partial charge in [-0.25, -0.2) is 4.39 Å². The summed E-state index contributed by atoms with van der Waals surface area (Å²) >= 11 is 0. The van der Waals surface area contributed by atoms with Crippen LogP contribution < -0.4 is 9.92 Å². The van der Waals surface area contributed by atoms with Crippen LogP contribution in [0.15, 0.2) is 52.3 Å². The van der Waals surface area contributed by atoms with Crippen LogP contribution in [0.25, 0.3) is 0 Å². The fraction of sp³-hybridized carbons (Fsp3) is 0.0769. The average molecular weight is 361 g/mol. The average Bonchev–Trinajstić information content (AvgIpc) is 2.45. The molecule has 0 fully saturated rings. The molecule has 2 rings (SSSR count). The molecule has 0 bridgehead atoms. The van der Waals surface area contributed by atoms with Crippen molar-refractivity contribution in [1.82, 2.24) is 0 Å². The maximum absolute atomic E-state index is 13.1. The van der Waals surface area contributed by atoms with Gasteiger partial charge in [0, 0.05) is 5.56 Å². The molecule has 10 heteroatoms. The Morgan fingerprint density at radius 3 is 2.17 bits per heavy atom. The lowest BCUT2D eigenvalue weighted by Gasteiger charge is -2.12. The Bertz CT molecular complexity index is 926. The number of halogens is 1. The first-order valence-corrected chi connectivity index (χ1v) is 8.95. The molecule has 0 aromatic heterocycles. The Morgan fingerprint density at radius 1 is 1.04 bits per heavy atom. The minimum atomic E-state index is -4.78. The predicted octanol–water partition coefficient (Wildman–Crippen LogP) is 1.75. The zero-order valence-corrected chi connectivity index (χ0v) is 13.1. The maximum Gasteiger partial charge on any atom is 0.339 e. The number of hydrogen-bond acceptors (Lipinski definition) is 6. The van der Waals surface area contributed by atoms with Gasteiger partial charge in [0.05, 0.1) is 5.69 Å². The van der Waals surface area contributed by atoms with Crippen LogP contribution in [0.5, 0.6) is 5.75 Å². The summed E-state index contributed by atoms with van der Waals surface area (Å²) in [6, 6.07) is 8.77. The molecule has 0 saturated heterocycles. The lowest BCUT2D eigenvalue weighted by atomic mass is 10.2. The fourth-order valence-electron chi connectivity index (χ4n) is 1.83. The SMILES string of the molecule is Nc1cc(CF)c(S(=O)(=O)Oc2ccccc2)cc1S(=O)(=O)O. The van der Waals surface area contributed by atoms with E-state index in [1.54, 1.807) is 6.07 Å². The Balaban J connectivity index is 2.61. The molecule has 0 aliphatic carbocycles. The molecule has 0 aliphatic rings. The van der Waals surface area contributed by atoms with Crippen molar-refractivity contribution in [2.75, 3.05) is 5.73 Å². The monoisotopic (exact) mass is 361 g/mol. The second kappa shape index (κ2) is 6.14. The van der Waals surface area contributed by atoms with Crippen molar-refractivity contribution in [2.45, 2.75) is 16.5 Å². The highest BCUT2D eigenvalue weighted by atomic mass is 32.2. The molecule has 0 spiro atoms. The van der Waals surface area contributed by atoms with Gasteiger partial charge in [-0.3, -0.25) is 4.55 Å². The van der Waals surface area contributed by atoms with Gasteiger partial charge in [0.2, 0.25) is 0 Å². The molecule has 124 valence electrons. The molecular formula is C13H12FNO6S2. The van der Waals surface area contributed by atoms with Crippen LogP contribution in [0.4, 0.5) is 10.1 Å². The van der Waals surface area contributed by atoms with Gasteiger partial charge in [0.25, 0.3) is 10.1 Å². The van der Waals surface area contributed by atoms with Crippen LogP contribution in [-0.2, 0) is 26.9 Å².